The van der Waals surface area contributed by atoms with Crippen LogP contribution in [-0.2, 0) is 17.9 Å². The SMILES string of the molecule is OC(CNCc1cncs1)COCc1ccccc1. The number of hydrogen-bond donors (Lipinski definition) is 2. The third-order valence-electron chi connectivity index (χ3n) is 2.58. The number of hydrogen-bond acceptors (Lipinski definition) is 5. The summed E-state index contributed by atoms with van der Waals surface area (Å²) < 4.78 is 5.47. The Morgan fingerprint density at radius 3 is 2.89 bits per heavy atom. The number of nitrogens with one attached hydrogen (secondary N) is 1. The van der Waals surface area contributed by atoms with Gasteiger partial charge in [-0.3, -0.25) is 4.98 Å². The number of thiazole rings is 1. The average Bonchev–Trinajstić information content (AvgIpc) is 2.93. The molecule has 0 amide bonds. The summed E-state index contributed by atoms with van der Waals surface area (Å²) in [6, 6.07) is 9.95. The minimum absolute atomic E-state index is 0.338. The van der Waals surface area contributed by atoms with E-state index in [0.717, 1.165) is 17.0 Å². The highest BCUT2D eigenvalue weighted by Gasteiger charge is 2.04. The van der Waals surface area contributed by atoms with Crippen LogP contribution in [0.15, 0.2) is 42.0 Å². The molecule has 0 fully saturated rings. The number of benzene rings is 1. The van der Waals surface area contributed by atoms with Crippen LogP contribution >= 0.6 is 11.3 Å². The van der Waals surface area contributed by atoms with Gasteiger partial charge in [0.2, 0.25) is 0 Å². The molecule has 0 aliphatic heterocycles. The molecule has 0 aliphatic rings. The zero-order valence-corrected chi connectivity index (χ0v) is 11.5. The van der Waals surface area contributed by atoms with Gasteiger partial charge in [0.25, 0.3) is 0 Å². The van der Waals surface area contributed by atoms with Crippen LogP contribution in [0.3, 0.4) is 0 Å². The first-order valence-corrected chi connectivity index (χ1v) is 7.10. The van der Waals surface area contributed by atoms with Crippen molar-refractivity contribution >= 4 is 11.3 Å². The molecule has 0 aliphatic carbocycles. The third-order valence-corrected chi connectivity index (χ3v) is 3.36. The zero-order chi connectivity index (χ0) is 13.3. The summed E-state index contributed by atoms with van der Waals surface area (Å²) in [6.07, 6.45) is 1.34. The van der Waals surface area contributed by atoms with E-state index in [9.17, 15) is 5.11 Å². The number of rotatable bonds is 8. The fourth-order valence-electron chi connectivity index (χ4n) is 1.64. The van der Waals surface area contributed by atoms with E-state index in [-0.39, 0.29) is 0 Å². The molecule has 0 saturated carbocycles. The maximum Gasteiger partial charge on any atom is 0.0897 e. The van der Waals surface area contributed by atoms with E-state index < -0.39 is 6.10 Å². The van der Waals surface area contributed by atoms with E-state index in [2.05, 4.69) is 10.3 Å². The summed E-state index contributed by atoms with van der Waals surface area (Å²) in [5.74, 6) is 0. The molecule has 2 rings (SSSR count). The molecular weight excluding hydrogens is 260 g/mol. The van der Waals surface area contributed by atoms with Crippen LogP contribution in [0.1, 0.15) is 10.4 Å². The Labute approximate surface area is 117 Å². The fraction of sp³-hybridized carbons (Fsp3) is 0.357. The molecule has 1 unspecified atom stereocenters. The first-order chi connectivity index (χ1) is 9.34. The second-order valence-electron chi connectivity index (χ2n) is 4.25. The molecule has 5 heteroatoms. The van der Waals surface area contributed by atoms with Crippen molar-refractivity contribution in [2.45, 2.75) is 19.3 Å². The molecule has 1 heterocycles. The van der Waals surface area contributed by atoms with Gasteiger partial charge < -0.3 is 15.2 Å². The van der Waals surface area contributed by atoms with Crippen molar-refractivity contribution in [2.75, 3.05) is 13.2 Å². The molecule has 0 radical (unpaired) electrons. The molecule has 0 saturated heterocycles. The number of nitrogens with zero attached hydrogens (tertiary/aromatic N) is 1. The van der Waals surface area contributed by atoms with Crippen LogP contribution < -0.4 is 5.32 Å². The molecule has 0 spiro atoms. The second kappa shape index (κ2) is 8.01. The van der Waals surface area contributed by atoms with E-state index in [1.165, 1.54) is 0 Å². The lowest BCUT2D eigenvalue weighted by molar-refractivity contribution is 0.0287. The summed E-state index contributed by atoms with van der Waals surface area (Å²) >= 11 is 1.60. The largest absolute Gasteiger partial charge is 0.389 e. The number of aliphatic hydroxyl groups is 1. The Morgan fingerprint density at radius 2 is 2.16 bits per heavy atom. The third kappa shape index (κ3) is 5.48. The Kier molecular flexibility index (Phi) is 5.97. The van der Waals surface area contributed by atoms with E-state index in [1.807, 2.05) is 36.5 Å². The van der Waals surface area contributed by atoms with E-state index in [4.69, 9.17) is 4.74 Å². The monoisotopic (exact) mass is 278 g/mol. The van der Waals surface area contributed by atoms with Crippen molar-refractivity contribution in [3.63, 3.8) is 0 Å². The van der Waals surface area contributed by atoms with Gasteiger partial charge in [0, 0.05) is 24.2 Å². The maximum atomic E-state index is 9.76. The molecule has 1 atom stereocenters. The zero-order valence-electron chi connectivity index (χ0n) is 10.7. The van der Waals surface area contributed by atoms with Crippen molar-refractivity contribution in [3.8, 4) is 0 Å². The molecule has 1 aromatic carbocycles. The molecule has 2 aromatic rings. The van der Waals surface area contributed by atoms with Crippen LogP contribution in [0, 0.1) is 0 Å². The van der Waals surface area contributed by atoms with Crippen molar-refractivity contribution in [1.29, 1.82) is 0 Å². The highest BCUT2D eigenvalue weighted by molar-refractivity contribution is 7.09. The van der Waals surface area contributed by atoms with Crippen LogP contribution in [0.2, 0.25) is 0 Å². The van der Waals surface area contributed by atoms with E-state index in [0.29, 0.717) is 19.8 Å². The summed E-state index contributed by atoms with van der Waals surface area (Å²) in [5.41, 5.74) is 2.92. The van der Waals surface area contributed by atoms with E-state index >= 15 is 0 Å². The van der Waals surface area contributed by atoms with Gasteiger partial charge in [-0.25, -0.2) is 0 Å². The summed E-state index contributed by atoms with van der Waals surface area (Å²) in [6.45, 7) is 2.13. The van der Waals surface area contributed by atoms with Crippen LogP contribution in [0.4, 0.5) is 0 Å². The molecule has 19 heavy (non-hydrogen) atoms. The van der Waals surface area contributed by atoms with Gasteiger partial charge in [-0.1, -0.05) is 30.3 Å². The van der Waals surface area contributed by atoms with Gasteiger partial charge in [-0.2, -0.15) is 0 Å². The van der Waals surface area contributed by atoms with Crippen molar-refractivity contribution in [2.24, 2.45) is 0 Å². The summed E-state index contributed by atoms with van der Waals surface area (Å²) in [5, 5.41) is 12.9. The summed E-state index contributed by atoms with van der Waals surface area (Å²) in [4.78, 5) is 5.16. The number of ether oxygens (including phenoxy) is 1. The molecule has 102 valence electrons. The predicted molar refractivity (Wildman–Crippen MR) is 75.9 cm³/mol. The average molecular weight is 278 g/mol. The van der Waals surface area contributed by atoms with Gasteiger partial charge in [-0.15, -0.1) is 11.3 Å². The lowest BCUT2D eigenvalue weighted by Crippen LogP contribution is -2.29. The van der Waals surface area contributed by atoms with Crippen molar-refractivity contribution < 1.29 is 9.84 Å². The van der Waals surface area contributed by atoms with Crippen LogP contribution in [0.5, 0.6) is 0 Å². The Bertz CT molecular complexity index is 448. The lowest BCUT2D eigenvalue weighted by Gasteiger charge is -2.12. The smallest absolute Gasteiger partial charge is 0.0897 e. The predicted octanol–water partition coefficient (Wildman–Crippen LogP) is 1.81. The Hall–Kier alpha value is -1.27. The van der Waals surface area contributed by atoms with Crippen molar-refractivity contribution in [1.82, 2.24) is 10.3 Å². The van der Waals surface area contributed by atoms with Gasteiger partial charge >= 0.3 is 0 Å². The van der Waals surface area contributed by atoms with Gasteiger partial charge in [0.15, 0.2) is 0 Å². The second-order valence-corrected chi connectivity index (χ2v) is 5.22. The Balaban J connectivity index is 1.56. The molecule has 2 N–H and O–H groups in total. The van der Waals surface area contributed by atoms with Crippen LogP contribution in [-0.4, -0.2) is 29.3 Å². The topological polar surface area (TPSA) is 54.4 Å². The van der Waals surface area contributed by atoms with Gasteiger partial charge in [0.05, 0.1) is 24.8 Å². The molecular formula is C14H18N2O2S. The highest BCUT2D eigenvalue weighted by atomic mass is 32.1. The fourth-order valence-corrected chi connectivity index (χ4v) is 2.20. The Morgan fingerprint density at radius 1 is 1.32 bits per heavy atom. The molecule has 4 nitrogen and oxygen atoms in total. The first-order valence-electron chi connectivity index (χ1n) is 6.22. The summed E-state index contributed by atoms with van der Waals surface area (Å²) in [7, 11) is 0. The standard InChI is InChI=1S/C14H18N2O2S/c17-13(6-15-7-14-8-16-11-19-14)10-18-9-12-4-2-1-3-5-12/h1-5,8,11,13,15,17H,6-7,9-10H2. The molecule has 0 bridgehead atoms. The molecule has 1 aromatic heterocycles. The lowest BCUT2D eigenvalue weighted by atomic mass is 10.2. The van der Waals surface area contributed by atoms with E-state index in [1.54, 1.807) is 16.8 Å². The quantitative estimate of drug-likeness (QED) is 0.773. The number of aliphatic hydroxyl groups excluding tert-OH is 1. The number of aromatic nitrogens is 1. The minimum atomic E-state index is -0.489. The minimum Gasteiger partial charge on any atom is -0.389 e. The first kappa shape index (κ1) is 14.1. The van der Waals surface area contributed by atoms with Crippen LogP contribution in [0.25, 0.3) is 0 Å². The highest BCUT2D eigenvalue weighted by Crippen LogP contribution is 2.04. The van der Waals surface area contributed by atoms with Gasteiger partial charge in [-0.05, 0) is 5.56 Å². The maximum absolute atomic E-state index is 9.76. The van der Waals surface area contributed by atoms with Gasteiger partial charge in [0.1, 0.15) is 0 Å². The normalized spacial score (nSPS) is 12.5. The van der Waals surface area contributed by atoms with Crippen molar-refractivity contribution in [3.05, 3.63) is 52.5 Å².